The first-order valence-corrected chi connectivity index (χ1v) is 6.13. The van der Waals surface area contributed by atoms with Crippen LogP contribution < -0.4 is 0 Å². The molecule has 0 aliphatic heterocycles. The number of fused-ring (bicyclic) bond motifs is 3. The van der Waals surface area contributed by atoms with E-state index in [9.17, 15) is 4.79 Å². The van der Waals surface area contributed by atoms with Crippen molar-refractivity contribution in [3.63, 3.8) is 0 Å². The summed E-state index contributed by atoms with van der Waals surface area (Å²) in [6, 6.07) is 15.6. The van der Waals surface area contributed by atoms with Gasteiger partial charge in [-0.25, -0.2) is 0 Å². The second kappa shape index (κ2) is 4.55. The molecule has 0 radical (unpaired) electrons. The molecule has 0 N–H and O–H groups in total. The number of rotatable bonds is 2. The van der Waals surface area contributed by atoms with Crippen LogP contribution in [0.2, 0.25) is 0 Å². The van der Waals surface area contributed by atoms with Crippen LogP contribution in [0, 0.1) is 11.3 Å². The molecule has 0 unspecified atom stereocenters. The van der Waals surface area contributed by atoms with Gasteiger partial charge in [-0.15, -0.1) is 0 Å². The Morgan fingerprint density at radius 3 is 2.53 bits per heavy atom. The third kappa shape index (κ3) is 1.86. The highest BCUT2D eigenvalue weighted by Crippen LogP contribution is 2.36. The highest BCUT2D eigenvalue weighted by molar-refractivity contribution is 6.21. The van der Waals surface area contributed by atoms with Crippen LogP contribution in [0.4, 0.5) is 0 Å². The first-order valence-electron chi connectivity index (χ1n) is 6.13. The second-order valence-corrected chi connectivity index (χ2v) is 4.44. The summed E-state index contributed by atoms with van der Waals surface area (Å²) in [4.78, 5) is 12.3. The summed E-state index contributed by atoms with van der Waals surface area (Å²) in [5.74, 6) is 0.0844. The molecule has 0 fully saturated rings. The molecule has 0 atom stereocenters. The lowest BCUT2D eigenvalue weighted by atomic mass is 10.0. The standard InChI is InChI=1S/C17H11NO/c18-10-4-3-5-12-8-9-14-13-6-1-2-7-15(13)17(19)16(14)11-12/h1-3,5-9,11H,4H2. The molecule has 0 aromatic heterocycles. The Kier molecular flexibility index (Phi) is 2.74. The highest BCUT2D eigenvalue weighted by Gasteiger charge is 2.25. The topological polar surface area (TPSA) is 40.9 Å². The Balaban J connectivity index is 2.06. The number of nitrogens with zero attached hydrogens (tertiary/aromatic N) is 1. The van der Waals surface area contributed by atoms with Gasteiger partial charge >= 0.3 is 0 Å². The van der Waals surface area contributed by atoms with E-state index in [2.05, 4.69) is 6.07 Å². The smallest absolute Gasteiger partial charge is 0.194 e. The van der Waals surface area contributed by atoms with Crippen molar-refractivity contribution in [2.24, 2.45) is 0 Å². The largest absolute Gasteiger partial charge is 0.289 e. The molecule has 1 aliphatic carbocycles. The number of benzene rings is 2. The number of carbonyl (C=O) groups is 1. The lowest BCUT2D eigenvalue weighted by Gasteiger charge is -2.00. The summed E-state index contributed by atoms with van der Waals surface area (Å²) < 4.78 is 0. The van der Waals surface area contributed by atoms with E-state index < -0.39 is 0 Å². The number of allylic oxidation sites excluding steroid dienone is 1. The van der Waals surface area contributed by atoms with E-state index in [1.165, 1.54) is 0 Å². The second-order valence-electron chi connectivity index (χ2n) is 4.44. The summed E-state index contributed by atoms with van der Waals surface area (Å²) in [7, 11) is 0. The minimum atomic E-state index is 0.0844. The third-order valence-corrected chi connectivity index (χ3v) is 3.27. The average molecular weight is 245 g/mol. The summed E-state index contributed by atoms with van der Waals surface area (Å²) in [5.41, 5.74) is 4.49. The zero-order valence-electron chi connectivity index (χ0n) is 10.3. The van der Waals surface area contributed by atoms with Gasteiger partial charge < -0.3 is 0 Å². The van der Waals surface area contributed by atoms with Crippen molar-refractivity contribution >= 4 is 11.9 Å². The Hall–Kier alpha value is -2.66. The van der Waals surface area contributed by atoms with Gasteiger partial charge in [-0.05, 0) is 22.8 Å². The van der Waals surface area contributed by atoms with Crippen LogP contribution in [0.5, 0.6) is 0 Å². The van der Waals surface area contributed by atoms with Crippen LogP contribution in [0.15, 0.2) is 48.5 Å². The fourth-order valence-electron chi connectivity index (χ4n) is 2.40. The molecule has 3 rings (SSSR count). The van der Waals surface area contributed by atoms with Crippen LogP contribution in [0.3, 0.4) is 0 Å². The van der Waals surface area contributed by atoms with Crippen molar-refractivity contribution in [3.05, 3.63) is 65.2 Å². The fourth-order valence-corrected chi connectivity index (χ4v) is 2.40. The predicted molar refractivity (Wildman–Crippen MR) is 74.6 cm³/mol. The van der Waals surface area contributed by atoms with Gasteiger partial charge in [0.25, 0.3) is 0 Å². The monoisotopic (exact) mass is 245 g/mol. The van der Waals surface area contributed by atoms with E-state index in [0.717, 1.165) is 27.8 Å². The van der Waals surface area contributed by atoms with Crippen LogP contribution in [-0.4, -0.2) is 5.78 Å². The Labute approximate surface area is 111 Å². The van der Waals surface area contributed by atoms with Gasteiger partial charge in [-0.1, -0.05) is 48.6 Å². The van der Waals surface area contributed by atoms with Crippen molar-refractivity contribution in [2.75, 3.05) is 0 Å². The lowest BCUT2D eigenvalue weighted by Crippen LogP contribution is -1.94. The van der Waals surface area contributed by atoms with Crippen LogP contribution in [0.1, 0.15) is 27.9 Å². The molecular weight excluding hydrogens is 234 g/mol. The molecular formula is C17H11NO. The SMILES string of the molecule is N#CCC=Cc1ccc2c(c1)C(=O)c1ccccc1-2. The summed E-state index contributed by atoms with van der Waals surface area (Å²) in [6.07, 6.45) is 4.05. The average Bonchev–Trinajstić information content (AvgIpc) is 2.73. The van der Waals surface area contributed by atoms with E-state index in [4.69, 9.17) is 5.26 Å². The van der Waals surface area contributed by atoms with E-state index >= 15 is 0 Å². The zero-order chi connectivity index (χ0) is 13.2. The molecule has 2 aromatic rings. The van der Waals surface area contributed by atoms with Gasteiger partial charge in [-0.2, -0.15) is 5.26 Å². The Morgan fingerprint density at radius 2 is 1.74 bits per heavy atom. The van der Waals surface area contributed by atoms with Crippen LogP contribution >= 0.6 is 0 Å². The van der Waals surface area contributed by atoms with Gasteiger partial charge in [0.1, 0.15) is 0 Å². The normalized spacial score (nSPS) is 12.3. The van der Waals surface area contributed by atoms with Crippen LogP contribution in [0.25, 0.3) is 17.2 Å². The van der Waals surface area contributed by atoms with Crippen molar-refractivity contribution in [1.82, 2.24) is 0 Å². The zero-order valence-corrected chi connectivity index (χ0v) is 10.3. The summed E-state index contributed by atoms with van der Waals surface area (Å²) in [5, 5.41) is 8.50. The molecule has 0 saturated carbocycles. The minimum absolute atomic E-state index is 0.0844. The Bertz CT molecular complexity index is 735. The highest BCUT2D eigenvalue weighted by atomic mass is 16.1. The van der Waals surface area contributed by atoms with E-state index in [1.54, 1.807) is 6.08 Å². The lowest BCUT2D eigenvalue weighted by molar-refractivity contribution is 0.104. The van der Waals surface area contributed by atoms with Gasteiger partial charge in [0.2, 0.25) is 0 Å². The number of ketones is 1. The molecule has 0 amide bonds. The number of nitriles is 1. The van der Waals surface area contributed by atoms with Crippen molar-refractivity contribution in [2.45, 2.75) is 6.42 Å². The third-order valence-electron chi connectivity index (χ3n) is 3.27. The molecule has 90 valence electrons. The molecule has 0 saturated heterocycles. The van der Waals surface area contributed by atoms with E-state index in [1.807, 2.05) is 48.5 Å². The molecule has 0 heterocycles. The molecule has 2 aromatic carbocycles. The fraction of sp³-hybridized carbons (Fsp3) is 0.0588. The van der Waals surface area contributed by atoms with E-state index in [-0.39, 0.29) is 5.78 Å². The molecule has 1 aliphatic rings. The van der Waals surface area contributed by atoms with Crippen molar-refractivity contribution < 1.29 is 4.79 Å². The minimum Gasteiger partial charge on any atom is -0.289 e. The van der Waals surface area contributed by atoms with Gasteiger partial charge in [0.05, 0.1) is 12.5 Å². The summed E-state index contributed by atoms with van der Waals surface area (Å²) in [6.45, 7) is 0. The maximum absolute atomic E-state index is 12.3. The first kappa shape index (κ1) is 11.4. The quantitative estimate of drug-likeness (QED) is 0.688. The predicted octanol–water partition coefficient (Wildman–Crippen LogP) is 3.82. The maximum atomic E-state index is 12.3. The molecule has 19 heavy (non-hydrogen) atoms. The van der Waals surface area contributed by atoms with Crippen LogP contribution in [-0.2, 0) is 0 Å². The molecule has 0 bridgehead atoms. The molecule has 0 spiro atoms. The van der Waals surface area contributed by atoms with Gasteiger partial charge in [0, 0.05) is 11.1 Å². The molecule has 2 nitrogen and oxygen atoms in total. The summed E-state index contributed by atoms with van der Waals surface area (Å²) >= 11 is 0. The maximum Gasteiger partial charge on any atom is 0.194 e. The number of hydrogen-bond donors (Lipinski definition) is 0. The first-order chi connectivity index (χ1) is 9.31. The number of hydrogen-bond acceptors (Lipinski definition) is 2. The molecule has 2 heteroatoms. The van der Waals surface area contributed by atoms with Crippen molar-refractivity contribution in [3.8, 4) is 17.2 Å². The van der Waals surface area contributed by atoms with E-state index in [0.29, 0.717) is 6.42 Å². The van der Waals surface area contributed by atoms with Gasteiger partial charge in [0.15, 0.2) is 5.78 Å². The van der Waals surface area contributed by atoms with Gasteiger partial charge in [-0.3, -0.25) is 4.79 Å². The number of carbonyl (C=O) groups excluding carboxylic acids is 1. The Morgan fingerprint density at radius 1 is 1.00 bits per heavy atom. The van der Waals surface area contributed by atoms with Crippen molar-refractivity contribution in [1.29, 1.82) is 5.26 Å².